The van der Waals surface area contributed by atoms with Crippen molar-refractivity contribution < 1.29 is 9.53 Å². The molecule has 1 amide bonds. The van der Waals surface area contributed by atoms with Gasteiger partial charge in [-0.25, -0.2) is 0 Å². The molecule has 0 saturated carbocycles. The van der Waals surface area contributed by atoms with Crippen LogP contribution < -0.4 is 15.4 Å². The standard InChI is InChI=1S/C14H20N6O2/c1-14(2,3)16-12(21)9-22-11-7-5-4-6-10(11)8-15-13-17-19-20-18-13/h4-7H,8-9H2,1-3H3,(H,16,21)(H2,15,17,18,19,20). The number of benzene rings is 1. The fourth-order valence-corrected chi connectivity index (χ4v) is 1.80. The van der Waals surface area contributed by atoms with E-state index in [4.69, 9.17) is 4.74 Å². The van der Waals surface area contributed by atoms with Crippen LogP contribution in [0.4, 0.5) is 5.95 Å². The molecule has 0 saturated heterocycles. The second kappa shape index (κ2) is 6.88. The number of aromatic amines is 1. The van der Waals surface area contributed by atoms with E-state index in [0.717, 1.165) is 5.56 Å². The predicted octanol–water partition coefficient (Wildman–Crippen LogP) is 1.11. The zero-order chi connectivity index (χ0) is 16.0. The molecule has 0 bridgehead atoms. The van der Waals surface area contributed by atoms with Gasteiger partial charge in [-0.3, -0.25) is 4.79 Å². The minimum atomic E-state index is -0.278. The van der Waals surface area contributed by atoms with E-state index in [2.05, 4.69) is 31.3 Å². The first-order valence-electron chi connectivity index (χ1n) is 6.93. The number of nitrogens with one attached hydrogen (secondary N) is 3. The summed E-state index contributed by atoms with van der Waals surface area (Å²) in [5.74, 6) is 0.885. The summed E-state index contributed by atoms with van der Waals surface area (Å²) in [6, 6.07) is 7.48. The molecule has 118 valence electrons. The van der Waals surface area contributed by atoms with Crippen molar-refractivity contribution in [3.63, 3.8) is 0 Å². The van der Waals surface area contributed by atoms with Gasteiger partial charge in [0.1, 0.15) is 5.75 Å². The van der Waals surface area contributed by atoms with Gasteiger partial charge < -0.3 is 15.4 Å². The summed E-state index contributed by atoms with van der Waals surface area (Å²) in [4.78, 5) is 11.8. The SMILES string of the molecule is CC(C)(C)NC(=O)COc1ccccc1CNc1nn[nH]n1. The van der Waals surface area contributed by atoms with Crippen LogP contribution in [0.5, 0.6) is 5.75 Å². The Morgan fingerprint density at radius 2 is 2.09 bits per heavy atom. The van der Waals surface area contributed by atoms with Crippen LogP contribution in [-0.2, 0) is 11.3 Å². The first-order valence-corrected chi connectivity index (χ1v) is 6.93. The average Bonchev–Trinajstić information content (AvgIpc) is 2.95. The highest BCUT2D eigenvalue weighted by Gasteiger charge is 2.14. The van der Waals surface area contributed by atoms with Crippen molar-refractivity contribution in [1.82, 2.24) is 25.9 Å². The molecule has 1 aromatic carbocycles. The predicted molar refractivity (Wildman–Crippen MR) is 81.3 cm³/mol. The number of tetrazole rings is 1. The molecule has 1 aromatic heterocycles. The highest BCUT2D eigenvalue weighted by Crippen LogP contribution is 2.18. The molecule has 0 aliphatic heterocycles. The van der Waals surface area contributed by atoms with Gasteiger partial charge in [-0.1, -0.05) is 23.3 Å². The quantitative estimate of drug-likeness (QED) is 0.738. The van der Waals surface area contributed by atoms with Gasteiger partial charge in [0, 0.05) is 17.6 Å². The van der Waals surface area contributed by atoms with Crippen molar-refractivity contribution in [3.05, 3.63) is 29.8 Å². The monoisotopic (exact) mass is 304 g/mol. The van der Waals surface area contributed by atoms with Gasteiger partial charge in [-0.2, -0.15) is 5.21 Å². The molecule has 3 N–H and O–H groups in total. The Morgan fingerprint density at radius 3 is 2.77 bits per heavy atom. The third kappa shape index (κ3) is 5.04. The molecule has 0 aliphatic rings. The highest BCUT2D eigenvalue weighted by molar-refractivity contribution is 5.78. The third-order valence-corrected chi connectivity index (χ3v) is 2.63. The molecule has 0 spiro atoms. The summed E-state index contributed by atoms with van der Waals surface area (Å²) in [5, 5.41) is 19.3. The number of amides is 1. The first kappa shape index (κ1) is 15.7. The van der Waals surface area contributed by atoms with Crippen LogP contribution in [0.15, 0.2) is 24.3 Å². The summed E-state index contributed by atoms with van der Waals surface area (Å²) in [6.45, 7) is 6.21. The van der Waals surface area contributed by atoms with Crippen LogP contribution in [0.1, 0.15) is 26.3 Å². The Kier molecular flexibility index (Phi) is 4.92. The van der Waals surface area contributed by atoms with E-state index in [1.807, 2.05) is 45.0 Å². The molecule has 2 rings (SSSR count). The highest BCUT2D eigenvalue weighted by atomic mass is 16.5. The number of nitrogens with zero attached hydrogens (tertiary/aromatic N) is 3. The molecule has 0 aliphatic carbocycles. The molecule has 22 heavy (non-hydrogen) atoms. The van der Waals surface area contributed by atoms with E-state index in [-0.39, 0.29) is 18.1 Å². The summed E-state index contributed by atoms with van der Waals surface area (Å²) in [6.07, 6.45) is 0. The van der Waals surface area contributed by atoms with E-state index in [0.29, 0.717) is 18.2 Å². The number of carbonyl (C=O) groups excluding carboxylic acids is 1. The fraction of sp³-hybridized carbons (Fsp3) is 0.429. The van der Waals surface area contributed by atoms with Gasteiger partial charge in [-0.15, -0.1) is 5.10 Å². The lowest BCUT2D eigenvalue weighted by Crippen LogP contribution is -2.43. The molecule has 1 heterocycles. The van der Waals surface area contributed by atoms with E-state index < -0.39 is 0 Å². The number of ether oxygens (including phenoxy) is 1. The number of aromatic nitrogens is 4. The molecule has 0 atom stereocenters. The summed E-state index contributed by atoms with van der Waals surface area (Å²) < 4.78 is 5.60. The average molecular weight is 304 g/mol. The lowest BCUT2D eigenvalue weighted by molar-refractivity contribution is -0.124. The van der Waals surface area contributed by atoms with Gasteiger partial charge in [0.2, 0.25) is 0 Å². The maximum atomic E-state index is 11.8. The first-order chi connectivity index (χ1) is 10.4. The number of H-pyrrole nitrogens is 1. The van der Waals surface area contributed by atoms with Gasteiger partial charge in [-0.05, 0) is 32.1 Å². The van der Waals surface area contributed by atoms with Crippen LogP contribution >= 0.6 is 0 Å². The molecule has 8 heteroatoms. The second-order valence-corrected chi connectivity index (χ2v) is 5.78. The molecule has 0 fully saturated rings. The minimum absolute atomic E-state index is 0.0313. The van der Waals surface area contributed by atoms with Crippen LogP contribution in [-0.4, -0.2) is 38.7 Å². The maximum absolute atomic E-state index is 11.8. The van der Waals surface area contributed by atoms with Crippen molar-refractivity contribution in [2.45, 2.75) is 32.9 Å². The lowest BCUT2D eigenvalue weighted by Gasteiger charge is -2.20. The number of carbonyl (C=O) groups is 1. The zero-order valence-electron chi connectivity index (χ0n) is 12.9. The zero-order valence-corrected chi connectivity index (χ0v) is 12.9. The number of anilines is 1. The van der Waals surface area contributed by atoms with Crippen LogP contribution in [0.2, 0.25) is 0 Å². The third-order valence-electron chi connectivity index (χ3n) is 2.63. The minimum Gasteiger partial charge on any atom is -0.483 e. The molecular weight excluding hydrogens is 284 g/mol. The molecule has 0 unspecified atom stereocenters. The van der Waals surface area contributed by atoms with Crippen LogP contribution in [0.3, 0.4) is 0 Å². The van der Waals surface area contributed by atoms with E-state index in [1.54, 1.807) is 0 Å². The second-order valence-electron chi connectivity index (χ2n) is 5.78. The largest absolute Gasteiger partial charge is 0.483 e. The van der Waals surface area contributed by atoms with Gasteiger partial charge >= 0.3 is 0 Å². The van der Waals surface area contributed by atoms with Crippen molar-refractivity contribution in [2.75, 3.05) is 11.9 Å². The van der Waals surface area contributed by atoms with Gasteiger partial charge in [0.15, 0.2) is 6.61 Å². The Morgan fingerprint density at radius 1 is 1.32 bits per heavy atom. The van der Waals surface area contributed by atoms with Crippen molar-refractivity contribution in [2.24, 2.45) is 0 Å². The van der Waals surface area contributed by atoms with Crippen molar-refractivity contribution in [1.29, 1.82) is 0 Å². The van der Waals surface area contributed by atoms with Crippen LogP contribution in [0.25, 0.3) is 0 Å². The molecule has 8 nitrogen and oxygen atoms in total. The Labute approximate surface area is 128 Å². The van der Waals surface area contributed by atoms with E-state index >= 15 is 0 Å². The molecular formula is C14H20N6O2. The normalized spacial score (nSPS) is 11.0. The smallest absolute Gasteiger partial charge is 0.263 e. The summed E-state index contributed by atoms with van der Waals surface area (Å²) >= 11 is 0. The Balaban J connectivity index is 1.92. The lowest BCUT2D eigenvalue weighted by atomic mass is 10.1. The summed E-state index contributed by atoms with van der Waals surface area (Å²) in [7, 11) is 0. The van der Waals surface area contributed by atoms with Crippen molar-refractivity contribution in [3.8, 4) is 5.75 Å². The number of hydrogen-bond acceptors (Lipinski definition) is 6. The number of hydrogen-bond donors (Lipinski definition) is 3. The van der Waals surface area contributed by atoms with Gasteiger partial charge in [0.05, 0.1) is 0 Å². The Bertz CT molecular complexity index is 606. The van der Waals surface area contributed by atoms with E-state index in [1.165, 1.54) is 0 Å². The van der Waals surface area contributed by atoms with Crippen molar-refractivity contribution >= 4 is 11.9 Å². The summed E-state index contributed by atoms with van der Waals surface area (Å²) in [5.41, 5.74) is 0.621. The van der Waals surface area contributed by atoms with Crippen LogP contribution in [0, 0.1) is 0 Å². The molecule has 0 radical (unpaired) electrons. The Hall–Kier alpha value is -2.64. The van der Waals surface area contributed by atoms with E-state index in [9.17, 15) is 4.79 Å². The number of rotatable bonds is 6. The maximum Gasteiger partial charge on any atom is 0.263 e. The number of para-hydroxylation sites is 1. The molecule has 2 aromatic rings. The fourth-order valence-electron chi connectivity index (χ4n) is 1.80. The topological polar surface area (TPSA) is 105 Å². The van der Waals surface area contributed by atoms with Gasteiger partial charge in [0.25, 0.3) is 11.9 Å².